The van der Waals surface area contributed by atoms with E-state index in [1.54, 1.807) is 0 Å². The zero-order valence-corrected chi connectivity index (χ0v) is 12.5. The molecule has 0 atom stereocenters. The van der Waals surface area contributed by atoms with Crippen LogP contribution in [0.1, 0.15) is 46.5 Å². The lowest BCUT2D eigenvalue weighted by molar-refractivity contribution is 0.168. The van der Waals surface area contributed by atoms with Crippen LogP contribution in [0, 0.1) is 5.92 Å². The Labute approximate surface area is 111 Å². The number of aliphatic hydroxyl groups excluding tert-OH is 1. The van der Waals surface area contributed by atoms with E-state index in [4.69, 9.17) is 0 Å². The number of hydrogen-bond acceptors (Lipinski definition) is 3. The molecule has 0 aromatic rings. The molecule has 2 N–H and O–H groups in total. The van der Waals surface area contributed by atoms with Crippen LogP contribution in [0.25, 0.3) is 0 Å². The molecular formula is C12H26N2O3S. The molecule has 1 heterocycles. The molecule has 0 aromatic heterocycles. The molecule has 0 radical (unpaired) electrons. The van der Waals surface area contributed by atoms with E-state index in [-0.39, 0.29) is 6.61 Å². The van der Waals surface area contributed by atoms with Crippen LogP contribution in [-0.4, -0.2) is 43.1 Å². The minimum atomic E-state index is -3.48. The Hall–Kier alpha value is -0.170. The van der Waals surface area contributed by atoms with Gasteiger partial charge in [-0.2, -0.15) is 17.4 Å². The summed E-state index contributed by atoms with van der Waals surface area (Å²) in [6.07, 6.45) is 2.99. The Kier molecular flexibility index (Phi) is 5.58. The van der Waals surface area contributed by atoms with Crippen LogP contribution in [0.3, 0.4) is 0 Å². The maximum absolute atomic E-state index is 12.3. The normalized spacial score (nSPS) is 20.2. The maximum Gasteiger partial charge on any atom is 0.280 e. The highest BCUT2D eigenvalue weighted by atomic mass is 32.2. The van der Waals surface area contributed by atoms with Crippen molar-refractivity contribution >= 4 is 10.2 Å². The van der Waals surface area contributed by atoms with Gasteiger partial charge >= 0.3 is 0 Å². The standard InChI is InChI=1S/C12H26N2O3S/c1-4-12(5-2,10-15)13-18(16,17)14-8-6-11(3)7-9-14/h11,13,15H,4-10H2,1-3H3. The lowest BCUT2D eigenvalue weighted by Crippen LogP contribution is -2.56. The molecule has 1 aliphatic heterocycles. The van der Waals surface area contributed by atoms with Crippen molar-refractivity contribution in [3.63, 3.8) is 0 Å². The number of hydrogen-bond donors (Lipinski definition) is 2. The SMILES string of the molecule is CCC(CC)(CO)NS(=O)(=O)N1CCC(C)CC1. The van der Waals surface area contributed by atoms with E-state index in [1.165, 1.54) is 4.31 Å². The first-order chi connectivity index (χ1) is 8.39. The van der Waals surface area contributed by atoms with E-state index in [0.717, 1.165) is 12.8 Å². The first-order valence-corrected chi connectivity index (χ1v) is 8.23. The first kappa shape index (κ1) is 15.9. The third-order valence-corrected chi connectivity index (χ3v) is 5.82. The largest absolute Gasteiger partial charge is 0.394 e. The molecule has 1 saturated heterocycles. The van der Waals surface area contributed by atoms with Crippen molar-refractivity contribution in [2.75, 3.05) is 19.7 Å². The summed E-state index contributed by atoms with van der Waals surface area (Å²) in [6, 6.07) is 0. The van der Waals surface area contributed by atoms with E-state index < -0.39 is 15.7 Å². The molecule has 0 aliphatic carbocycles. The summed E-state index contributed by atoms with van der Waals surface area (Å²) in [5.41, 5.74) is -0.720. The van der Waals surface area contributed by atoms with Gasteiger partial charge in [0.1, 0.15) is 0 Å². The van der Waals surface area contributed by atoms with E-state index in [1.807, 2.05) is 13.8 Å². The summed E-state index contributed by atoms with van der Waals surface area (Å²) in [7, 11) is -3.48. The summed E-state index contributed by atoms with van der Waals surface area (Å²) < 4.78 is 28.8. The van der Waals surface area contributed by atoms with Gasteiger partial charge in [-0.25, -0.2) is 0 Å². The Bertz CT molecular complexity index is 336. The van der Waals surface area contributed by atoms with E-state index in [2.05, 4.69) is 11.6 Å². The molecule has 1 fully saturated rings. The molecule has 0 saturated carbocycles. The van der Waals surface area contributed by atoms with Crippen LogP contribution in [-0.2, 0) is 10.2 Å². The number of rotatable bonds is 6. The molecule has 0 bridgehead atoms. The number of piperidine rings is 1. The number of nitrogens with one attached hydrogen (secondary N) is 1. The highest BCUT2D eigenvalue weighted by molar-refractivity contribution is 7.87. The molecule has 108 valence electrons. The van der Waals surface area contributed by atoms with Crippen molar-refractivity contribution in [2.24, 2.45) is 5.92 Å². The molecule has 1 aliphatic rings. The zero-order chi connectivity index (χ0) is 13.8. The second-order valence-corrected chi connectivity index (χ2v) is 7.00. The molecule has 0 aromatic carbocycles. The number of nitrogens with zero attached hydrogens (tertiary/aromatic N) is 1. The minimum absolute atomic E-state index is 0.163. The lowest BCUT2D eigenvalue weighted by Gasteiger charge is -2.35. The van der Waals surface area contributed by atoms with Gasteiger partial charge in [-0.15, -0.1) is 0 Å². The molecule has 1 rings (SSSR count). The Morgan fingerprint density at radius 1 is 1.28 bits per heavy atom. The monoisotopic (exact) mass is 278 g/mol. The van der Waals surface area contributed by atoms with Gasteiger partial charge in [0.05, 0.1) is 12.1 Å². The Morgan fingerprint density at radius 3 is 2.17 bits per heavy atom. The quantitative estimate of drug-likeness (QED) is 0.764. The molecule has 0 unspecified atom stereocenters. The molecule has 0 spiro atoms. The fourth-order valence-electron chi connectivity index (χ4n) is 2.21. The predicted molar refractivity (Wildman–Crippen MR) is 72.4 cm³/mol. The maximum atomic E-state index is 12.3. The van der Waals surface area contributed by atoms with Gasteiger partial charge in [-0.3, -0.25) is 0 Å². The predicted octanol–water partition coefficient (Wildman–Crippen LogP) is 1.10. The Balaban J connectivity index is 2.75. The summed E-state index contributed by atoms with van der Waals surface area (Å²) in [5.74, 6) is 0.594. The second kappa shape index (κ2) is 6.32. The molecule has 6 heteroatoms. The van der Waals surface area contributed by atoms with Gasteiger partial charge in [-0.05, 0) is 31.6 Å². The third-order valence-electron chi connectivity index (χ3n) is 4.08. The van der Waals surface area contributed by atoms with Gasteiger partial charge in [0.15, 0.2) is 0 Å². The first-order valence-electron chi connectivity index (χ1n) is 6.79. The van der Waals surface area contributed by atoms with Crippen molar-refractivity contribution in [2.45, 2.75) is 52.0 Å². The summed E-state index contributed by atoms with van der Waals surface area (Å²) >= 11 is 0. The van der Waals surface area contributed by atoms with E-state index in [9.17, 15) is 13.5 Å². The van der Waals surface area contributed by atoms with Crippen molar-refractivity contribution in [1.29, 1.82) is 0 Å². The van der Waals surface area contributed by atoms with Gasteiger partial charge in [0, 0.05) is 13.1 Å². The summed E-state index contributed by atoms with van der Waals surface area (Å²) in [6.45, 7) is 6.91. The van der Waals surface area contributed by atoms with Crippen LogP contribution in [0.2, 0.25) is 0 Å². The fourth-order valence-corrected chi connectivity index (χ4v) is 3.93. The van der Waals surface area contributed by atoms with Crippen LogP contribution in [0.5, 0.6) is 0 Å². The van der Waals surface area contributed by atoms with E-state index >= 15 is 0 Å². The van der Waals surface area contributed by atoms with Gasteiger partial charge in [0.25, 0.3) is 10.2 Å². The number of aliphatic hydroxyl groups is 1. The fraction of sp³-hybridized carbons (Fsp3) is 1.00. The van der Waals surface area contributed by atoms with Crippen molar-refractivity contribution in [1.82, 2.24) is 9.03 Å². The minimum Gasteiger partial charge on any atom is -0.394 e. The average molecular weight is 278 g/mol. The molecule has 0 amide bonds. The Morgan fingerprint density at radius 2 is 1.78 bits per heavy atom. The molecule has 5 nitrogen and oxygen atoms in total. The van der Waals surface area contributed by atoms with Crippen LogP contribution in [0.4, 0.5) is 0 Å². The summed E-state index contributed by atoms with van der Waals surface area (Å²) in [5, 5.41) is 9.43. The van der Waals surface area contributed by atoms with Crippen molar-refractivity contribution in [3.05, 3.63) is 0 Å². The summed E-state index contributed by atoms with van der Waals surface area (Å²) in [4.78, 5) is 0. The van der Waals surface area contributed by atoms with Crippen LogP contribution >= 0.6 is 0 Å². The third kappa shape index (κ3) is 3.66. The van der Waals surface area contributed by atoms with Crippen molar-refractivity contribution < 1.29 is 13.5 Å². The van der Waals surface area contributed by atoms with Crippen LogP contribution < -0.4 is 4.72 Å². The average Bonchev–Trinajstić information content (AvgIpc) is 2.37. The highest BCUT2D eigenvalue weighted by Gasteiger charge is 2.35. The topological polar surface area (TPSA) is 69.6 Å². The van der Waals surface area contributed by atoms with Crippen molar-refractivity contribution in [3.8, 4) is 0 Å². The molecule has 18 heavy (non-hydrogen) atoms. The van der Waals surface area contributed by atoms with Gasteiger partial charge in [-0.1, -0.05) is 20.8 Å². The smallest absolute Gasteiger partial charge is 0.280 e. The van der Waals surface area contributed by atoms with Gasteiger partial charge in [0.2, 0.25) is 0 Å². The van der Waals surface area contributed by atoms with Gasteiger partial charge < -0.3 is 5.11 Å². The lowest BCUT2D eigenvalue weighted by atomic mass is 9.96. The van der Waals surface area contributed by atoms with E-state index in [0.29, 0.717) is 31.8 Å². The molecular weight excluding hydrogens is 252 g/mol. The zero-order valence-electron chi connectivity index (χ0n) is 11.6. The van der Waals surface area contributed by atoms with Crippen LogP contribution in [0.15, 0.2) is 0 Å². The highest BCUT2D eigenvalue weighted by Crippen LogP contribution is 2.21. The second-order valence-electron chi connectivity index (χ2n) is 5.33.